The maximum atomic E-state index is 13.1. The van der Waals surface area contributed by atoms with Crippen LogP contribution in [0.2, 0.25) is 0 Å². The molecule has 0 aliphatic heterocycles. The minimum Gasteiger partial charge on any atom is -0.349 e. The number of aromatic nitrogens is 2. The van der Waals surface area contributed by atoms with E-state index in [2.05, 4.69) is 17.2 Å². The van der Waals surface area contributed by atoms with Gasteiger partial charge < -0.3 is 5.32 Å². The lowest BCUT2D eigenvalue weighted by atomic mass is 10.1. The van der Waals surface area contributed by atoms with Crippen molar-refractivity contribution in [2.45, 2.75) is 44.4 Å². The van der Waals surface area contributed by atoms with Gasteiger partial charge in [0.25, 0.3) is 5.56 Å². The summed E-state index contributed by atoms with van der Waals surface area (Å²) in [4.78, 5) is 29.9. The number of nitrogens with one attached hydrogen (secondary N) is 1. The van der Waals surface area contributed by atoms with Gasteiger partial charge in [-0.3, -0.25) is 14.2 Å². The van der Waals surface area contributed by atoms with Crippen molar-refractivity contribution in [3.05, 3.63) is 70.3 Å². The van der Waals surface area contributed by atoms with E-state index in [1.165, 1.54) is 23.9 Å². The molecule has 1 heterocycles. The lowest BCUT2D eigenvalue weighted by molar-refractivity contribution is -0.119. The molecule has 0 spiro atoms. The summed E-state index contributed by atoms with van der Waals surface area (Å²) in [6.07, 6.45) is 1.82. The molecular weight excluding hydrogens is 389 g/mol. The number of benzene rings is 2. The second kappa shape index (κ2) is 9.69. The minimum atomic E-state index is -0.310. The first-order chi connectivity index (χ1) is 14.0. The maximum Gasteiger partial charge on any atom is 0.262 e. The topological polar surface area (TPSA) is 64.0 Å². The van der Waals surface area contributed by atoms with Crippen LogP contribution in [0.5, 0.6) is 0 Å². The van der Waals surface area contributed by atoms with E-state index >= 15 is 0 Å². The van der Waals surface area contributed by atoms with Gasteiger partial charge in [0.05, 0.1) is 22.7 Å². The van der Waals surface area contributed by atoms with Crippen LogP contribution in [0.4, 0.5) is 4.39 Å². The number of carbonyl (C=O) groups is 1. The number of thioether (sulfide) groups is 1. The molecule has 1 N–H and O–H groups in total. The predicted octanol–water partition coefficient (Wildman–Crippen LogP) is 4.31. The zero-order valence-corrected chi connectivity index (χ0v) is 17.3. The Morgan fingerprint density at radius 2 is 1.93 bits per heavy atom. The van der Waals surface area contributed by atoms with Gasteiger partial charge in [-0.2, -0.15) is 0 Å². The number of halogens is 1. The standard InChI is InChI=1S/C22H24FN3O2S/c1-3-4-13-26-21(28)18-7-5-6-8-19(18)25-22(26)29-14-20(27)24-15(2)16-9-11-17(23)12-10-16/h5-12,15H,3-4,13-14H2,1-2H3,(H,24,27). The number of amides is 1. The summed E-state index contributed by atoms with van der Waals surface area (Å²) in [5.41, 5.74) is 1.38. The lowest BCUT2D eigenvalue weighted by Crippen LogP contribution is -2.29. The summed E-state index contributed by atoms with van der Waals surface area (Å²) >= 11 is 1.25. The van der Waals surface area contributed by atoms with Crippen molar-refractivity contribution < 1.29 is 9.18 Å². The molecule has 1 aromatic heterocycles. The highest BCUT2D eigenvalue weighted by Crippen LogP contribution is 2.19. The molecular formula is C22H24FN3O2S. The molecule has 0 saturated carbocycles. The minimum absolute atomic E-state index is 0.0772. The summed E-state index contributed by atoms with van der Waals surface area (Å²) in [5.74, 6) is -0.339. The van der Waals surface area contributed by atoms with Crippen LogP contribution in [0.15, 0.2) is 58.5 Å². The molecule has 7 heteroatoms. The fraction of sp³-hybridized carbons (Fsp3) is 0.318. The molecule has 0 radical (unpaired) electrons. The fourth-order valence-electron chi connectivity index (χ4n) is 3.02. The molecule has 1 amide bonds. The first-order valence-corrected chi connectivity index (χ1v) is 10.7. The lowest BCUT2D eigenvalue weighted by Gasteiger charge is -2.15. The second-order valence-corrected chi connectivity index (χ2v) is 7.79. The predicted molar refractivity (Wildman–Crippen MR) is 115 cm³/mol. The quantitative estimate of drug-likeness (QED) is 0.442. The Hall–Kier alpha value is -2.67. The summed E-state index contributed by atoms with van der Waals surface area (Å²) in [7, 11) is 0. The van der Waals surface area contributed by atoms with Gasteiger partial charge in [0.2, 0.25) is 5.91 Å². The van der Waals surface area contributed by atoms with Crippen LogP contribution >= 0.6 is 11.8 Å². The number of carbonyl (C=O) groups excluding carboxylic acids is 1. The second-order valence-electron chi connectivity index (χ2n) is 6.85. The van der Waals surface area contributed by atoms with E-state index in [1.54, 1.807) is 22.8 Å². The first-order valence-electron chi connectivity index (χ1n) is 9.66. The largest absolute Gasteiger partial charge is 0.349 e. The van der Waals surface area contributed by atoms with Crippen molar-refractivity contribution in [2.24, 2.45) is 0 Å². The third-order valence-electron chi connectivity index (χ3n) is 4.64. The molecule has 0 aliphatic carbocycles. The maximum absolute atomic E-state index is 13.1. The highest BCUT2D eigenvalue weighted by molar-refractivity contribution is 7.99. The van der Waals surface area contributed by atoms with Crippen molar-refractivity contribution in [2.75, 3.05) is 5.75 Å². The van der Waals surface area contributed by atoms with E-state index in [4.69, 9.17) is 0 Å². The highest BCUT2D eigenvalue weighted by atomic mass is 32.2. The Balaban J connectivity index is 1.74. The van der Waals surface area contributed by atoms with Crippen LogP contribution in [-0.4, -0.2) is 21.2 Å². The van der Waals surface area contributed by atoms with Gasteiger partial charge in [0.15, 0.2) is 5.16 Å². The third-order valence-corrected chi connectivity index (χ3v) is 5.62. The number of hydrogen-bond acceptors (Lipinski definition) is 4. The molecule has 1 unspecified atom stereocenters. The zero-order valence-electron chi connectivity index (χ0n) is 16.5. The van der Waals surface area contributed by atoms with Crippen molar-refractivity contribution in [3.63, 3.8) is 0 Å². The smallest absolute Gasteiger partial charge is 0.262 e. The van der Waals surface area contributed by atoms with Gasteiger partial charge in [0.1, 0.15) is 5.82 Å². The number of rotatable bonds is 8. The molecule has 0 saturated heterocycles. The Morgan fingerprint density at radius 1 is 1.21 bits per heavy atom. The van der Waals surface area contributed by atoms with Crippen molar-refractivity contribution in [1.29, 1.82) is 0 Å². The molecule has 29 heavy (non-hydrogen) atoms. The number of fused-ring (bicyclic) bond motifs is 1. The zero-order chi connectivity index (χ0) is 20.8. The summed E-state index contributed by atoms with van der Waals surface area (Å²) in [5, 5.41) is 4.04. The van der Waals surface area contributed by atoms with Gasteiger partial charge in [-0.15, -0.1) is 0 Å². The van der Waals surface area contributed by atoms with Crippen LogP contribution in [0.3, 0.4) is 0 Å². The average molecular weight is 414 g/mol. The van der Waals surface area contributed by atoms with Crippen molar-refractivity contribution in [3.8, 4) is 0 Å². The molecule has 0 aliphatic rings. The van der Waals surface area contributed by atoms with Gasteiger partial charge in [-0.1, -0.05) is 49.4 Å². The summed E-state index contributed by atoms with van der Waals surface area (Å²) < 4.78 is 14.7. The number of nitrogens with zero attached hydrogens (tertiary/aromatic N) is 2. The van der Waals surface area contributed by atoms with Gasteiger partial charge in [-0.25, -0.2) is 9.37 Å². The van der Waals surface area contributed by atoms with Crippen LogP contribution in [0.25, 0.3) is 10.9 Å². The van der Waals surface area contributed by atoms with Crippen LogP contribution in [0.1, 0.15) is 38.3 Å². The molecule has 3 aromatic rings. The number of para-hydroxylation sites is 1. The van der Waals surface area contributed by atoms with Crippen LogP contribution in [-0.2, 0) is 11.3 Å². The van der Waals surface area contributed by atoms with E-state index in [1.807, 2.05) is 25.1 Å². The van der Waals surface area contributed by atoms with Gasteiger partial charge in [0, 0.05) is 6.54 Å². The van der Waals surface area contributed by atoms with Crippen LogP contribution in [0, 0.1) is 5.82 Å². The van der Waals surface area contributed by atoms with E-state index in [9.17, 15) is 14.0 Å². The van der Waals surface area contributed by atoms with E-state index in [0.717, 1.165) is 18.4 Å². The molecule has 3 rings (SSSR count). The van der Waals surface area contributed by atoms with Gasteiger partial charge >= 0.3 is 0 Å². The Kier molecular flexibility index (Phi) is 7.04. The Bertz CT molecular complexity index is 1050. The molecule has 2 aromatic carbocycles. The summed E-state index contributed by atoms with van der Waals surface area (Å²) in [6.45, 7) is 4.49. The van der Waals surface area contributed by atoms with E-state index in [0.29, 0.717) is 22.6 Å². The third kappa shape index (κ3) is 5.23. The van der Waals surface area contributed by atoms with Gasteiger partial charge in [-0.05, 0) is 43.2 Å². The van der Waals surface area contributed by atoms with E-state index in [-0.39, 0.29) is 29.1 Å². The van der Waals surface area contributed by atoms with Crippen molar-refractivity contribution in [1.82, 2.24) is 14.9 Å². The highest BCUT2D eigenvalue weighted by Gasteiger charge is 2.14. The Morgan fingerprint density at radius 3 is 2.66 bits per heavy atom. The molecule has 0 bridgehead atoms. The fourth-order valence-corrected chi connectivity index (χ4v) is 3.86. The number of unbranched alkanes of at least 4 members (excludes halogenated alkanes) is 1. The van der Waals surface area contributed by atoms with Crippen LogP contribution < -0.4 is 10.9 Å². The summed E-state index contributed by atoms with van der Waals surface area (Å²) in [6, 6.07) is 13.1. The monoisotopic (exact) mass is 413 g/mol. The SMILES string of the molecule is CCCCn1c(SCC(=O)NC(C)c2ccc(F)cc2)nc2ccccc2c1=O. The average Bonchev–Trinajstić information content (AvgIpc) is 2.72. The van der Waals surface area contributed by atoms with Crippen molar-refractivity contribution >= 4 is 28.6 Å². The molecule has 1 atom stereocenters. The number of hydrogen-bond donors (Lipinski definition) is 1. The molecule has 5 nitrogen and oxygen atoms in total. The first kappa shape index (κ1) is 21.0. The molecule has 0 fully saturated rings. The Labute approximate surface area is 173 Å². The molecule has 152 valence electrons. The van der Waals surface area contributed by atoms with E-state index < -0.39 is 0 Å². The normalized spacial score (nSPS) is 12.1.